The molecule has 0 saturated heterocycles. The number of esters is 1. The highest BCUT2D eigenvalue weighted by molar-refractivity contribution is 6.21. The second kappa shape index (κ2) is 9.75. The molecule has 1 aliphatic heterocycles. The molecule has 11 nitrogen and oxygen atoms in total. The van der Waals surface area contributed by atoms with Crippen molar-refractivity contribution in [2.75, 3.05) is 31.3 Å². The molecule has 11 heteroatoms. The number of imide groups is 1. The number of fused-ring (bicyclic) bond motifs is 1. The van der Waals surface area contributed by atoms with E-state index in [-0.39, 0.29) is 42.3 Å². The molecule has 0 atom stereocenters. The van der Waals surface area contributed by atoms with Gasteiger partial charge in [-0.25, -0.2) is 4.79 Å². The Kier molecular flexibility index (Phi) is 6.58. The van der Waals surface area contributed by atoms with Crippen LogP contribution in [0.5, 0.6) is 5.75 Å². The maximum atomic E-state index is 13.0. The summed E-state index contributed by atoms with van der Waals surface area (Å²) in [5.74, 6) is -0.597. The zero-order valence-electron chi connectivity index (χ0n) is 19.5. The molecule has 0 aliphatic carbocycles. The molecule has 0 fully saturated rings. The monoisotopic (exact) mass is 476 g/mol. The first kappa shape index (κ1) is 23.6. The first-order valence-electron chi connectivity index (χ1n) is 10.8. The number of aromatic nitrogens is 3. The molecular formula is C24H24N6O5. The van der Waals surface area contributed by atoms with Crippen LogP contribution < -0.4 is 15.4 Å². The number of hydrogen-bond donors (Lipinski definition) is 1. The highest BCUT2D eigenvalue weighted by Crippen LogP contribution is 2.27. The molecule has 1 aliphatic rings. The van der Waals surface area contributed by atoms with E-state index in [1.165, 1.54) is 0 Å². The Morgan fingerprint density at radius 1 is 1.03 bits per heavy atom. The molecular weight excluding hydrogens is 452 g/mol. The zero-order chi connectivity index (χ0) is 25.1. The summed E-state index contributed by atoms with van der Waals surface area (Å²) < 4.78 is 11.0. The number of nitrogen functional groups attached to an aromatic ring is 1. The smallest absolute Gasteiger partial charge is 0.342 e. The van der Waals surface area contributed by atoms with Crippen molar-refractivity contribution in [3.05, 3.63) is 70.5 Å². The van der Waals surface area contributed by atoms with E-state index in [9.17, 15) is 14.4 Å². The molecule has 0 bridgehead atoms. The first-order chi connectivity index (χ1) is 16.8. The third kappa shape index (κ3) is 4.88. The molecule has 2 amide bonds. The molecule has 0 spiro atoms. The quantitative estimate of drug-likeness (QED) is 0.379. The number of benzene rings is 2. The van der Waals surface area contributed by atoms with Crippen LogP contribution in [0.4, 0.5) is 11.9 Å². The molecule has 180 valence electrons. The predicted molar refractivity (Wildman–Crippen MR) is 126 cm³/mol. The molecule has 2 N–H and O–H groups in total. The molecule has 4 rings (SSSR count). The maximum absolute atomic E-state index is 13.0. The molecule has 2 heterocycles. The van der Waals surface area contributed by atoms with E-state index in [4.69, 9.17) is 15.2 Å². The van der Waals surface area contributed by atoms with E-state index >= 15 is 0 Å². The third-order valence-electron chi connectivity index (χ3n) is 5.20. The van der Waals surface area contributed by atoms with Crippen molar-refractivity contribution in [1.82, 2.24) is 19.9 Å². The number of amides is 2. The molecule has 3 aromatic rings. The van der Waals surface area contributed by atoms with E-state index in [0.29, 0.717) is 35.0 Å². The van der Waals surface area contributed by atoms with Gasteiger partial charge in [0.05, 0.1) is 24.3 Å². The lowest BCUT2D eigenvalue weighted by Crippen LogP contribution is -2.29. The number of nitrogens with two attached hydrogens (primary N) is 1. The minimum Gasteiger partial charge on any atom is -0.493 e. The van der Waals surface area contributed by atoms with Crippen molar-refractivity contribution in [3.8, 4) is 5.75 Å². The van der Waals surface area contributed by atoms with Gasteiger partial charge in [-0.2, -0.15) is 15.0 Å². The minimum absolute atomic E-state index is 0.00474. The zero-order valence-corrected chi connectivity index (χ0v) is 19.5. The number of hydrogen-bond acceptors (Lipinski definition) is 10. The number of carbonyl (C=O) groups is 3. The summed E-state index contributed by atoms with van der Waals surface area (Å²) in [5.41, 5.74) is 7.15. The normalized spacial score (nSPS) is 12.5. The third-order valence-corrected chi connectivity index (χ3v) is 5.20. The fraction of sp³-hybridized carbons (Fsp3) is 0.250. The largest absolute Gasteiger partial charge is 0.493 e. The Bertz CT molecular complexity index is 1270. The van der Waals surface area contributed by atoms with E-state index in [1.807, 2.05) is 0 Å². The number of ether oxygens (including phenoxy) is 2. The summed E-state index contributed by atoms with van der Waals surface area (Å²) in [6.07, 6.45) is 0. The number of carbonyl (C=O) groups excluding carboxylic acids is 3. The van der Waals surface area contributed by atoms with E-state index in [1.54, 1.807) is 68.4 Å². The number of nitrogens with zero attached hydrogens (tertiary/aromatic N) is 5. The lowest BCUT2D eigenvalue weighted by Gasteiger charge is -2.16. The van der Waals surface area contributed by atoms with Gasteiger partial charge in [0.2, 0.25) is 11.9 Å². The van der Waals surface area contributed by atoms with Gasteiger partial charge in [0, 0.05) is 14.1 Å². The highest BCUT2D eigenvalue weighted by atomic mass is 16.5. The SMILES string of the molecule is CCOc1ccc(CN2C(=O)c3ccccc3C2=O)cc1C(=O)OCc1nc(N)nc(N(C)C)n1. The predicted octanol–water partition coefficient (Wildman–Crippen LogP) is 2.07. The Balaban J connectivity index is 1.54. The van der Waals surface area contributed by atoms with Gasteiger partial charge in [0.25, 0.3) is 11.8 Å². The topological polar surface area (TPSA) is 141 Å². The van der Waals surface area contributed by atoms with Crippen molar-refractivity contribution in [2.45, 2.75) is 20.1 Å². The van der Waals surface area contributed by atoms with E-state index < -0.39 is 5.97 Å². The Hall–Kier alpha value is -4.54. The van der Waals surface area contributed by atoms with Crippen LogP contribution in [0.15, 0.2) is 42.5 Å². The van der Waals surface area contributed by atoms with Gasteiger partial charge in [0.15, 0.2) is 12.4 Å². The van der Waals surface area contributed by atoms with Crippen LogP contribution in [0, 0.1) is 0 Å². The van der Waals surface area contributed by atoms with Crippen molar-refractivity contribution in [1.29, 1.82) is 0 Å². The van der Waals surface area contributed by atoms with E-state index in [2.05, 4.69) is 15.0 Å². The molecule has 35 heavy (non-hydrogen) atoms. The Labute approximate surface area is 201 Å². The summed E-state index contributed by atoms with van der Waals surface area (Å²) in [6, 6.07) is 11.5. The molecule has 0 saturated carbocycles. The van der Waals surface area contributed by atoms with Gasteiger partial charge >= 0.3 is 5.97 Å². The average Bonchev–Trinajstić information content (AvgIpc) is 3.08. The minimum atomic E-state index is -0.678. The fourth-order valence-electron chi connectivity index (χ4n) is 3.58. The Morgan fingerprint density at radius 2 is 1.71 bits per heavy atom. The van der Waals surface area contributed by atoms with Gasteiger partial charge in [-0.1, -0.05) is 18.2 Å². The molecule has 0 radical (unpaired) electrons. The fourth-order valence-corrected chi connectivity index (χ4v) is 3.58. The van der Waals surface area contributed by atoms with Gasteiger partial charge < -0.3 is 20.1 Å². The maximum Gasteiger partial charge on any atom is 0.342 e. The lowest BCUT2D eigenvalue weighted by molar-refractivity contribution is 0.0457. The molecule has 1 aromatic heterocycles. The van der Waals surface area contributed by atoms with Crippen molar-refractivity contribution in [3.63, 3.8) is 0 Å². The lowest BCUT2D eigenvalue weighted by atomic mass is 10.1. The van der Waals surface area contributed by atoms with Crippen LogP contribution in [-0.4, -0.2) is 58.3 Å². The first-order valence-corrected chi connectivity index (χ1v) is 10.8. The summed E-state index contributed by atoms with van der Waals surface area (Å²) >= 11 is 0. The summed E-state index contributed by atoms with van der Waals surface area (Å²) in [5, 5.41) is 0. The number of rotatable bonds is 8. The van der Waals surface area contributed by atoms with Gasteiger partial charge in [0.1, 0.15) is 11.3 Å². The summed E-state index contributed by atoms with van der Waals surface area (Å²) in [4.78, 5) is 53.4. The highest BCUT2D eigenvalue weighted by Gasteiger charge is 2.35. The number of anilines is 2. The van der Waals surface area contributed by atoms with Gasteiger partial charge in [-0.05, 0) is 36.8 Å². The van der Waals surface area contributed by atoms with Crippen LogP contribution in [0.2, 0.25) is 0 Å². The van der Waals surface area contributed by atoms with Crippen LogP contribution in [0.25, 0.3) is 0 Å². The van der Waals surface area contributed by atoms with Crippen LogP contribution in [0.1, 0.15) is 49.4 Å². The standard InChI is InChI=1S/C24H24N6O5/c1-4-34-18-10-9-14(12-30-20(31)15-7-5-6-8-16(15)21(30)32)11-17(18)22(33)35-13-19-26-23(25)28-24(27-19)29(2)3/h5-11H,4,12-13H2,1-3H3,(H2,25,26,27,28). The van der Waals surface area contributed by atoms with Crippen LogP contribution >= 0.6 is 0 Å². The van der Waals surface area contributed by atoms with Gasteiger partial charge in [-0.15, -0.1) is 0 Å². The van der Waals surface area contributed by atoms with Crippen molar-refractivity contribution < 1.29 is 23.9 Å². The summed E-state index contributed by atoms with van der Waals surface area (Å²) in [7, 11) is 3.50. The van der Waals surface area contributed by atoms with Crippen molar-refractivity contribution >= 4 is 29.7 Å². The molecule has 2 aromatic carbocycles. The second-order valence-electron chi connectivity index (χ2n) is 7.89. The summed E-state index contributed by atoms with van der Waals surface area (Å²) in [6.45, 7) is 1.88. The van der Waals surface area contributed by atoms with Gasteiger partial charge in [-0.3, -0.25) is 14.5 Å². The average molecular weight is 476 g/mol. The second-order valence-corrected chi connectivity index (χ2v) is 7.89. The van der Waals surface area contributed by atoms with Crippen LogP contribution in [0.3, 0.4) is 0 Å². The Morgan fingerprint density at radius 3 is 2.34 bits per heavy atom. The van der Waals surface area contributed by atoms with Crippen LogP contribution in [-0.2, 0) is 17.9 Å². The van der Waals surface area contributed by atoms with E-state index in [0.717, 1.165) is 4.90 Å². The van der Waals surface area contributed by atoms with Crippen molar-refractivity contribution in [2.24, 2.45) is 0 Å². The molecule has 0 unspecified atom stereocenters.